The van der Waals surface area contributed by atoms with Crippen LogP contribution in [0.3, 0.4) is 0 Å². The van der Waals surface area contributed by atoms with Crippen LogP contribution in [0.1, 0.15) is 5.82 Å². The number of hydrogen-bond acceptors (Lipinski definition) is 7. The highest BCUT2D eigenvalue weighted by atomic mass is 32.1. The number of benzene rings is 1. The summed E-state index contributed by atoms with van der Waals surface area (Å²) >= 11 is 1.44. The van der Waals surface area contributed by atoms with Gasteiger partial charge in [0.2, 0.25) is 0 Å². The van der Waals surface area contributed by atoms with E-state index in [1.165, 1.54) is 11.3 Å². The summed E-state index contributed by atoms with van der Waals surface area (Å²) in [5, 5.41) is 2.47. The van der Waals surface area contributed by atoms with Gasteiger partial charge in [-0.25, -0.2) is 4.98 Å². The zero-order valence-corrected chi connectivity index (χ0v) is 16.6. The van der Waals surface area contributed by atoms with Crippen LogP contribution in [0.15, 0.2) is 57.3 Å². The molecule has 1 atom stereocenters. The highest BCUT2D eigenvalue weighted by Crippen LogP contribution is 2.32. The van der Waals surface area contributed by atoms with E-state index in [0.29, 0.717) is 41.5 Å². The summed E-state index contributed by atoms with van der Waals surface area (Å²) in [6, 6.07) is 11.3. The minimum absolute atomic E-state index is 0.0855. The second kappa shape index (κ2) is 7.38. The molecule has 0 aliphatic carbocycles. The summed E-state index contributed by atoms with van der Waals surface area (Å²) in [6.07, 6.45) is 1.51. The van der Waals surface area contributed by atoms with Crippen molar-refractivity contribution in [3.05, 3.63) is 64.2 Å². The highest BCUT2D eigenvalue weighted by Gasteiger charge is 2.22. The topological polar surface area (TPSA) is 80.6 Å². The number of thiophene rings is 1. The van der Waals surface area contributed by atoms with Crippen molar-refractivity contribution in [3.63, 3.8) is 0 Å². The van der Waals surface area contributed by atoms with Crippen LogP contribution in [-0.2, 0) is 6.54 Å². The van der Waals surface area contributed by atoms with Crippen LogP contribution < -0.4 is 15.0 Å². The lowest BCUT2D eigenvalue weighted by atomic mass is 10.2. The van der Waals surface area contributed by atoms with E-state index in [4.69, 9.17) is 13.9 Å². The maximum atomic E-state index is 12.7. The number of aromatic nitrogens is 2. The Bertz CT molecular complexity index is 1200. The molecule has 1 N–H and O–H groups in total. The molecule has 1 aliphatic heterocycles. The summed E-state index contributed by atoms with van der Waals surface area (Å²) in [4.78, 5) is 23.0. The Morgan fingerprint density at radius 3 is 2.93 bits per heavy atom. The minimum Gasteiger partial charge on any atom is -0.486 e. The third-order valence-corrected chi connectivity index (χ3v) is 5.65. The van der Waals surface area contributed by atoms with E-state index in [2.05, 4.69) is 14.9 Å². The number of hydrogen-bond donors (Lipinski definition) is 1. The average molecular weight is 409 g/mol. The Hall–Kier alpha value is -3.10. The summed E-state index contributed by atoms with van der Waals surface area (Å²) in [5.41, 5.74) is 0.618. The molecule has 0 saturated heterocycles. The summed E-state index contributed by atoms with van der Waals surface area (Å²) in [5.74, 6) is 2.82. The standard InChI is InChI=1S/C21H19N3O4S/c1-24(9-13-11-27-16-5-2-3-6-17(16)28-13)10-18-22-20(25)19-14(12-29-21(19)23-18)15-7-4-8-26-15/h2-8,12-13H,9-11H2,1H3,(H,22,23,25)/t13-/m1/s1. The average Bonchev–Trinajstić information content (AvgIpc) is 3.37. The minimum atomic E-state index is -0.155. The Balaban J connectivity index is 1.31. The van der Waals surface area contributed by atoms with Crippen LogP contribution in [0, 0.1) is 0 Å². The fourth-order valence-corrected chi connectivity index (χ4v) is 4.45. The number of likely N-dealkylation sites (N-methyl/N-ethyl adjacent to an activating group) is 1. The summed E-state index contributed by atoms with van der Waals surface area (Å²) < 4.78 is 17.2. The second-order valence-electron chi connectivity index (χ2n) is 7.01. The molecule has 8 heteroatoms. The first-order valence-corrected chi connectivity index (χ1v) is 10.2. The summed E-state index contributed by atoms with van der Waals surface area (Å²) in [7, 11) is 1.97. The largest absolute Gasteiger partial charge is 0.486 e. The molecule has 4 aromatic rings. The van der Waals surface area contributed by atoms with Gasteiger partial charge in [-0.05, 0) is 31.3 Å². The van der Waals surface area contributed by atoms with E-state index in [9.17, 15) is 4.79 Å². The number of nitrogens with zero attached hydrogens (tertiary/aromatic N) is 2. The first-order chi connectivity index (χ1) is 14.2. The van der Waals surface area contributed by atoms with Gasteiger partial charge in [0, 0.05) is 17.5 Å². The predicted molar refractivity (Wildman–Crippen MR) is 111 cm³/mol. The van der Waals surface area contributed by atoms with Gasteiger partial charge in [0.05, 0.1) is 18.2 Å². The van der Waals surface area contributed by atoms with Gasteiger partial charge in [0.1, 0.15) is 29.1 Å². The molecule has 0 amide bonds. The van der Waals surface area contributed by atoms with Crippen molar-refractivity contribution >= 4 is 21.6 Å². The number of nitrogens with one attached hydrogen (secondary N) is 1. The van der Waals surface area contributed by atoms with Crippen molar-refractivity contribution in [1.29, 1.82) is 0 Å². The molecule has 0 saturated carbocycles. The van der Waals surface area contributed by atoms with Crippen LogP contribution in [0.4, 0.5) is 0 Å². The molecule has 0 fully saturated rings. The summed E-state index contributed by atoms with van der Waals surface area (Å²) in [6.45, 7) is 1.64. The molecule has 0 unspecified atom stereocenters. The van der Waals surface area contributed by atoms with Crippen molar-refractivity contribution in [2.24, 2.45) is 0 Å². The van der Waals surface area contributed by atoms with Crippen molar-refractivity contribution in [1.82, 2.24) is 14.9 Å². The number of aromatic amines is 1. The Kier molecular flexibility index (Phi) is 4.57. The number of fused-ring (bicyclic) bond motifs is 2. The molecule has 3 aromatic heterocycles. The molecule has 1 aromatic carbocycles. The SMILES string of the molecule is CN(Cc1nc2scc(-c3ccco3)c2c(=O)[nH]1)C[C@@H]1COc2ccccc2O1. The Morgan fingerprint density at radius 2 is 2.10 bits per heavy atom. The van der Waals surface area contributed by atoms with Gasteiger partial charge in [-0.1, -0.05) is 12.1 Å². The van der Waals surface area contributed by atoms with Crippen LogP contribution in [-0.4, -0.2) is 41.2 Å². The van der Waals surface area contributed by atoms with E-state index in [0.717, 1.165) is 17.1 Å². The number of para-hydroxylation sites is 2. The van der Waals surface area contributed by atoms with E-state index in [1.54, 1.807) is 12.3 Å². The van der Waals surface area contributed by atoms with Crippen LogP contribution in [0.25, 0.3) is 21.5 Å². The molecular weight excluding hydrogens is 390 g/mol. The third kappa shape index (κ3) is 3.52. The van der Waals surface area contributed by atoms with E-state index in [1.807, 2.05) is 42.8 Å². The molecule has 4 heterocycles. The molecule has 0 bridgehead atoms. The number of ether oxygens (including phenoxy) is 2. The lowest BCUT2D eigenvalue weighted by molar-refractivity contribution is 0.0632. The van der Waals surface area contributed by atoms with Gasteiger partial charge >= 0.3 is 0 Å². The Labute approximate surface area is 170 Å². The monoisotopic (exact) mass is 409 g/mol. The smallest absolute Gasteiger partial charge is 0.260 e. The second-order valence-corrected chi connectivity index (χ2v) is 7.87. The van der Waals surface area contributed by atoms with Crippen molar-refractivity contribution in [2.75, 3.05) is 20.2 Å². The Morgan fingerprint density at radius 1 is 1.24 bits per heavy atom. The zero-order valence-electron chi connectivity index (χ0n) is 15.8. The van der Waals surface area contributed by atoms with E-state index in [-0.39, 0.29) is 11.7 Å². The van der Waals surface area contributed by atoms with Gasteiger partial charge in [-0.15, -0.1) is 11.3 Å². The van der Waals surface area contributed by atoms with Gasteiger partial charge in [-0.3, -0.25) is 9.69 Å². The fourth-order valence-electron chi connectivity index (χ4n) is 3.50. The van der Waals surface area contributed by atoms with Crippen LogP contribution in [0.2, 0.25) is 0 Å². The normalized spacial score (nSPS) is 15.9. The van der Waals surface area contributed by atoms with Crippen LogP contribution in [0.5, 0.6) is 11.5 Å². The molecule has 148 valence electrons. The van der Waals surface area contributed by atoms with Crippen molar-refractivity contribution < 1.29 is 13.9 Å². The first kappa shape index (κ1) is 18.0. The molecular formula is C21H19N3O4S. The van der Waals surface area contributed by atoms with Crippen LogP contribution >= 0.6 is 11.3 Å². The molecule has 7 nitrogen and oxygen atoms in total. The van der Waals surface area contributed by atoms with E-state index < -0.39 is 0 Å². The van der Waals surface area contributed by atoms with E-state index >= 15 is 0 Å². The first-order valence-electron chi connectivity index (χ1n) is 9.28. The van der Waals surface area contributed by atoms with Gasteiger partial charge in [0.15, 0.2) is 11.5 Å². The van der Waals surface area contributed by atoms with Gasteiger partial charge < -0.3 is 18.9 Å². The van der Waals surface area contributed by atoms with Gasteiger partial charge in [-0.2, -0.15) is 0 Å². The predicted octanol–water partition coefficient (Wildman–Crippen LogP) is 3.52. The maximum absolute atomic E-state index is 12.7. The number of furan rings is 1. The van der Waals surface area contributed by atoms with Crippen molar-refractivity contribution in [3.8, 4) is 22.8 Å². The van der Waals surface area contributed by atoms with Gasteiger partial charge in [0.25, 0.3) is 5.56 Å². The fraction of sp³-hybridized carbons (Fsp3) is 0.238. The molecule has 0 spiro atoms. The third-order valence-electron chi connectivity index (χ3n) is 4.78. The number of H-pyrrole nitrogens is 1. The molecule has 5 rings (SSSR count). The zero-order chi connectivity index (χ0) is 19.8. The lowest BCUT2D eigenvalue weighted by Gasteiger charge is -2.29. The van der Waals surface area contributed by atoms with Crippen molar-refractivity contribution in [2.45, 2.75) is 12.6 Å². The molecule has 0 radical (unpaired) electrons. The lowest BCUT2D eigenvalue weighted by Crippen LogP contribution is -2.39. The molecule has 29 heavy (non-hydrogen) atoms. The quantitative estimate of drug-likeness (QED) is 0.543. The molecule has 1 aliphatic rings. The highest BCUT2D eigenvalue weighted by molar-refractivity contribution is 7.17. The number of rotatable bonds is 5. The maximum Gasteiger partial charge on any atom is 0.260 e.